The van der Waals surface area contributed by atoms with Crippen molar-refractivity contribution in [2.24, 2.45) is 16.7 Å². The van der Waals surface area contributed by atoms with Gasteiger partial charge in [-0.1, -0.05) is 123 Å². The van der Waals surface area contributed by atoms with Crippen molar-refractivity contribution in [3.8, 4) is 11.8 Å². The average molecular weight is 551 g/mol. The van der Waals surface area contributed by atoms with E-state index in [1.54, 1.807) is 0 Å². The van der Waals surface area contributed by atoms with E-state index in [-0.39, 0.29) is 12.0 Å². The number of rotatable bonds is 9. The Balaban J connectivity index is 1.94. The SMILES string of the molecule is CC1=CCCC(C)(C)[C@H]1/C=C/C(C)=C/C=C/C(C)=C/C#C/C=C(C)/C=C/C=C(\C=C\C1=C(C)CCCC1(C)C)CO. The zero-order chi connectivity index (χ0) is 30.5. The second-order valence-electron chi connectivity index (χ2n) is 13.2. The van der Waals surface area contributed by atoms with E-state index in [1.807, 2.05) is 37.3 Å². The topological polar surface area (TPSA) is 20.2 Å². The molecule has 0 aliphatic heterocycles. The minimum absolute atomic E-state index is 0.0223. The Hall–Kier alpha value is -3.08. The van der Waals surface area contributed by atoms with Crippen LogP contribution in [0.15, 0.2) is 118 Å². The van der Waals surface area contributed by atoms with Crippen molar-refractivity contribution in [1.82, 2.24) is 0 Å². The fourth-order valence-electron chi connectivity index (χ4n) is 5.73. The Morgan fingerprint density at radius 2 is 1.51 bits per heavy atom. The van der Waals surface area contributed by atoms with Crippen molar-refractivity contribution in [2.75, 3.05) is 6.61 Å². The maximum atomic E-state index is 9.82. The summed E-state index contributed by atoms with van der Waals surface area (Å²) >= 11 is 0. The van der Waals surface area contributed by atoms with Crippen LogP contribution in [0.3, 0.4) is 0 Å². The molecule has 2 aliphatic carbocycles. The number of hydrogen-bond donors (Lipinski definition) is 1. The van der Waals surface area contributed by atoms with E-state index in [0.717, 1.165) is 16.7 Å². The van der Waals surface area contributed by atoms with E-state index >= 15 is 0 Å². The normalized spacial score (nSPS) is 22.7. The highest BCUT2D eigenvalue weighted by molar-refractivity contribution is 5.39. The molecule has 0 radical (unpaired) electrons. The molecule has 1 heteroatoms. The van der Waals surface area contributed by atoms with Gasteiger partial charge in [0.15, 0.2) is 0 Å². The van der Waals surface area contributed by atoms with Crippen molar-refractivity contribution in [1.29, 1.82) is 0 Å². The average Bonchev–Trinajstić information content (AvgIpc) is 2.88. The standard InChI is InChI=1S/C40H54O/c1-31(18-12-19-33(3)24-26-37-34(4)21-14-28-39(37,6)7)16-10-11-17-32(2)20-13-23-36(30-41)25-27-38-35(5)22-15-29-40(38,8)9/h12-13,16-21,23-27,37,41H,14-15,22,28-30H2,1-9H3/b18-12+,20-13+,26-24+,27-25+,31-16+,32-17+,33-19+,36-23+/t37-/m0/s1. The van der Waals surface area contributed by atoms with Crippen LogP contribution in [0.2, 0.25) is 0 Å². The van der Waals surface area contributed by atoms with E-state index < -0.39 is 0 Å². The molecule has 0 unspecified atom stereocenters. The molecule has 41 heavy (non-hydrogen) atoms. The number of aliphatic hydroxyl groups excluding tert-OH is 1. The maximum Gasteiger partial charge on any atom is 0.0681 e. The number of hydrogen-bond acceptors (Lipinski definition) is 1. The molecule has 0 aromatic carbocycles. The molecule has 0 saturated heterocycles. The molecule has 2 aliphatic rings. The number of allylic oxidation sites excluding steroid dienone is 18. The number of aliphatic hydroxyl groups is 1. The third-order valence-corrected chi connectivity index (χ3v) is 8.40. The first-order valence-corrected chi connectivity index (χ1v) is 15.3. The lowest BCUT2D eigenvalue weighted by molar-refractivity contribution is 0.255. The highest BCUT2D eigenvalue weighted by atomic mass is 16.3. The van der Waals surface area contributed by atoms with Crippen LogP contribution in [-0.2, 0) is 0 Å². The molecule has 1 atom stereocenters. The van der Waals surface area contributed by atoms with E-state index in [4.69, 9.17) is 0 Å². The van der Waals surface area contributed by atoms with E-state index in [9.17, 15) is 5.11 Å². The predicted molar refractivity (Wildman–Crippen MR) is 181 cm³/mol. The summed E-state index contributed by atoms with van der Waals surface area (Å²) in [6, 6.07) is 0. The van der Waals surface area contributed by atoms with Crippen LogP contribution in [-0.4, -0.2) is 11.7 Å². The Morgan fingerprint density at radius 1 is 0.878 bits per heavy atom. The van der Waals surface area contributed by atoms with Gasteiger partial charge in [-0.25, -0.2) is 0 Å². The summed E-state index contributed by atoms with van der Waals surface area (Å²) in [5, 5.41) is 9.82. The van der Waals surface area contributed by atoms with Gasteiger partial charge in [0.2, 0.25) is 0 Å². The molecule has 0 amide bonds. The Morgan fingerprint density at radius 3 is 2.10 bits per heavy atom. The molecular weight excluding hydrogens is 496 g/mol. The van der Waals surface area contributed by atoms with Gasteiger partial charge in [-0.15, -0.1) is 0 Å². The van der Waals surface area contributed by atoms with Gasteiger partial charge in [0.05, 0.1) is 6.61 Å². The molecule has 0 spiro atoms. The van der Waals surface area contributed by atoms with E-state index in [0.29, 0.717) is 11.3 Å². The van der Waals surface area contributed by atoms with E-state index in [2.05, 4.69) is 116 Å². The quantitative estimate of drug-likeness (QED) is 0.172. The fraction of sp³-hybridized carbons (Fsp3) is 0.450. The molecule has 1 nitrogen and oxygen atoms in total. The molecule has 0 aromatic heterocycles. The van der Waals surface area contributed by atoms with Gasteiger partial charge in [0.25, 0.3) is 0 Å². The van der Waals surface area contributed by atoms with Crippen LogP contribution in [0.4, 0.5) is 0 Å². The summed E-state index contributed by atoms with van der Waals surface area (Å²) in [5.41, 5.74) is 9.23. The van der Waals surface area contributed by atoms with E-state index in [1.165, 1.54) is 54.4 Å². The van der Waals surface area contributed by atoms with Crippen LogP contribution in [0, 0.1) is 28.6 Å². The van der Waals surface area contributed by atoms with Gasteiger partial charge < -0.3 is 5.11 Å². The smallest absolute Gasteiger partial charge is 0.0681 e. The van der Waals surface area contributed by atoms with Gasteiger partial charge in [-0.3, -0.25) is 0 Å². The maximum absolute atomic E-state index is 9.82. The first-order chi connectivity index (χ1) is 19.4. The first-order valence-electron chi connectivity index (χ1n) is 15.3. The zero-order valence-corrected chi connectivity index (χ0v) is 27.3. The van der Waals surface area contributed by atoms with Crippen molar-refractivity contribution >= 4 is 0 Å². The third-order valence-electron chi connectivity index (χ3n) is 8.40. The van der Waals surface area contributed by atoms with Gasteiger partial charge >= 0.3 is 0 Å². The third kappa shape index (κ3) is 11.7. The summed E-state index contributed by atoms with van der Waals surface area (Å²) in [5.74, 6) is 6.76. The zero-order valence-electron chi connectivity index (χ0n) is 27.3. The Bertz CT molecular complexity index is 1280. The summed E-state index contributed by atoms with van der Waals surface area (Å²) in [6.45, 7) is 20.2. The lowest BCUT2D eigenvalue weighted by Crippen LogP contribution is -2.26. The van der Waals surface area contributed by atoms with Crippen LogP contribution >= 0.6 is 0 Å². The molecule has 0 saturated carbocycles. The highest BCUT2D eigenvalue weighted by Gasteiger charge is 2.30. The van der Waals surface area contributed by atoms with Gasteiger partial charge in [-0.05, 0) is 112 Å². The van der Waals surface area contributed by atoms with Gasteiger partial charge in [-0.2, -0.15) is 0 Å². The monoisotopic (exact) mass is 550 g/mol. The van der Waals surface area contributed by atoms with Gasteiger partial charge in [0, 0.05) is 5.92 Å². The lowest BCUT2D eigenvalue weighted by atomic mass is 9.68. The molecule has 220 valence electrons. The molecule has 0 fully saturated rings. The van der Waals surface area contributed by atoms with Crippen LogP contribution in [0.1, 0.15) is 94.4 Å². The van der Waals surface area contributed by atoms with Crippen LogP contribution in [0.5, 0.6) is 0 Å². The van der Waals surface area contributed by atoms with Gasteiger partial charge in [0.1, 0.15) is 0 Å². The van der Waals surface area contributed by atoms with Crippen LogP contribution < -0.4 is 0 Å². The molecule has 0 heterocycles. The summed E-state index contributed by atoms with van der Waals surface area (Å²) in [7, 11) is 0. The summed E-state index contributed by atoms with van der Waals surface area (Å²) in [6.07, 6.45) is 33.5. The van der Waals surface area contributed by atoms with Crippen molar-refractivity contribution < 1.29 is 5.11 Å². The predicted octanol–water partition coefficient (Wildman–Crippen LogP) is 10.9. The largest absolute Gasteiger partial charge is 0.392 e. The Labute approximate surface area is 252 Å². The fourth-order valence-corrected chi connectivity index (χ4v) is 5.73. The lowest BCUT2D eigenvalue weighted by Gasteiger charge is -2.36. The second kappa shape index (κ2) is 16.4. The van der Waals surface area contributed by atoms with Crippen molar-refractivity contribution in [3.05, 3.63) is 118 Å². The molecule has 0 aromatic rings. The molecule has 1 N–H and O–H groups in total. The highest BCUT2D eigenvalue weighted by Crippen LogP contribution is 2.42. The van der Waals surface area contributed by atoms with Crippen molar-refractivity contribution in [2.45, 2.75) is 94.4 Å². The van der Waals surface area contributed by atoms with Crippen molar-refractivity contribution in [3.63, 3.8) is 0 Å². The molecule has 2 rings (SSSR count). The minimum Gasteiger partial charge on any atom is -0.392 e. The summed E-state index contributed by atoms with van der Waals surface area (Å²) in [4.78, 5) is 0. The molecule has 0 bridgehead atoms. The van der Waals surface area contributed by atoms with Crippen LogP contribution in [0.25, 0.3) is 0 Å². The first kappa shape index (κ1) is 34.1. The Kier molecular flexibility index (Phi) is 13.6. The molecular formula is C40H54O. The second-order valence-corrected chi connectivity index (χ2v) is 13.2. The summed E-state index contributed by atoms with van der Waals surface area (Å²) < 4.78 is 0. The minimum atomic E-state index is 0.0223.